The summed E-state index contributed by atoms with van der Waals surface area (Å²) in [6.07, 6.45) is 0. The molecule has 0 fully saturated rings. The van der Waals surface area contributed by atoms with E-state index in [4.69, 9.17) is 15.3 Å². The quantitative estimate of drug-likeness (QED) is 0.421. The smallest absolute Gasteiger partial charge is 0.233 e. The van der Waals surface area contributed by atoms with Crippen LogP contribution in [0.1, 0.15) is 0 Å². The van der Waals surface area contributed by atoms with E-state index in [1.807, 2.05) is 0 Å². The zero-order valence-corrected chi connectivity index (χ0v) is 9.70. The van der Waals surface area contributed by atoms with Gasteiger partial charge in [0, 0.05) is 14.1 Å². The minimum atomic E-state index is -0.325. The highest BCUT2D eigenvalue weighted by Gasteiger charge is 2.11. The number of rotatable bonds is 6. The number of aromatic nitrogens is 3. The summed E-state index contributed by atoms with van der Waals surface area (Å²) in [6.45, 7) is -0.843. The third kappa shape index (κ3) is 3.37. The molecule has 0 saturated carbocycles. The van der Waals surface area contributed by atoms with Crippen molar-refractivity contribution >= 4 is 17.8 Å². The number of aliphatic hydroxyl groups is 3. The fraction of sp³-hybridized carbons (Fsp3) is 0.625. The van der Waals surface area contributed by atoms with E-state index < -0.39 is 0 Å². The molecular weight excluding hydrogens is 228 g/mol. The molecule has 1 rings (SSSR count). The van der Waals surface area contributed by atoms with Gasteiger partial charge in [0.15, 0.2) is 0 Å². The Morgan fingerprint density at radius 1 is 0.941 bits per heavy atom. The summed E-state index contributed by atoms with van der Waals surface area (Å²) in [4.78, 5) is 14.8. The maximum atomic E-state index is 8.99. The van der Waals surface area contributed by atoms with E-state index in [1.165, 1.54) is 9.80 Å². The zero-order chi connectivity index (χ0) is 12.8. The third-order valence-corrected chi connectivity index (χ3v) is 1.96. The second kappa shape index (κ2) is 6.13. The minimum absolute atomic E-state index is 0.160. The lowest BCUT2D eigenvalue weighted by atomic mass is 10.7. The molecule has 0 bridgehead atoms. The van der Waals surface area contributed by atoms with Crippen LogP contribution in [-0.4, -0.2) is 64.6 Å². The van der Waals surface area contributed by atoms with Crippen LogP contribution in [-0.2, 0) is 0 Å². The Morgan fingerprint density at radius 2 is 1.41 bits per heavy atom. The summed E-state index contributed by atoms with van der Waals surface area (Å²) in [5.41, 5.74) is 0. The molecule has 1 aromatic rings. The molecule has 0 radical (unpaired) electrons. The molecule has 0 atom stereocenters. The Hall–Kier alpha value is -1.71. The molecule has 0 aliphatic carbocycles. The number of nitrogens with one attached hydrogen (secondary N) is 1. The first-order valence-corrected chi connectivity index (χ1v) is 4.87. The van der Waals surface area contributed by atoms with Gasteiger partial charge >= 0.3 is 0 Å². The van der Waals surface area contributed by atoms with Crippen LogP contribution < -0.4 is 15.1 Å². The van der Waals surface area contributed by atoms with Crippen molar-refractivity contribution in [2.24, 2.45) is 0 Å². The first-order chi connectivity index (χ1) is 8.12. The van der Waals surface area contributed by atoms with Crippen molar-refractivity contribution in [2.75, 3.05) is 49.4 Å². The van der Waals surface area contributed by atoms with E-state index in [0.717, 1.165) is 0 Å². The Bertz CT molecular complexity index is 335. The molecule has 0 aliphatic heterocycles. The van der Waals surface area contributed by atoms with E-state index in [0.29, 0.717) is 0 Å². The van der Waals surface area contributed by atoms with E-state index >= 15 is 0 Å². The van der Waals surface area contributed by atoms with Crippen LogP contribution in [0, 0.1) is 0 Å². The Kier molecular flexibility index (Phi) is 4.82. The van der Waals surface area contributed by atoms with Crippen molar-refractivity contribution in [3.05, 3.63) is 0 Å². The predicted octanol–water partition coefficient (Wildman–Crippen LogP) is -1.99. The molecule has 9 nitrogen and oxygen atoms in total. The Morgan fingerprint density at radius 3 is 1.76 bits per heavy atom. The summed E-state index contributed by atoms with van der Waals surface area (Å²) in [5, 5.41) is 29.3. The zero-order valence-electron chi connectivity index (χ0n) is 9.70. The number of hydrogen-bond acceptors (Lipinski definition) is 9. The molecule has 0 unspecified atom stereocenters. The van der Waals surface area contributed by atoms with Crippen molar-refractivity contribution in [3.8, 4) is 0 Å². The molecule has 0 saturated heterocycles. The molecule has 9 heteroatoms. The van der Waals surface area contributed by atoms with Crippen LogP contribution in [0.3, 0.4) is 0 Å². The molecular formula is C8H16N6O3. The minimum Gasteiger partial charge on any atom is -0.376 e. The predicted molar refractivity (Wildman–Crippen MR) is 61.5 cm³/mol. The molecule has 0 amide bonds. The van der Waals surface area contributed by atoms with Gasteiger partial charge in [-0.05, 0) is 0 Å². The molecule has 0 spiro atoms. The monoisotopic (exact) mass is 244 g/mol. The van der Waals surface area contributed by atoms with Gasteiger partial charge in [-0.3, -0.25) is 0 Å². The summed E-state index contributed by atoms with van der Waals surface area (Å²) in [5.74, 6) is 0.621. The van der Waals surface area contributed by atoms with Gasteiger partial charge in [0.05, 0.1) is 0 Å². The van der Waals surface area contributed by atoms with Crippen molar-refractivity contribution in [3.63, 3.8) is 0 Å². The second-order valence-electron chi connectivity index (χ2n) is 3.27. The number of hydrogen-bond donors (Lipinski definition) is 4. The molecule has 0 aliphatic rings. The van der Waals surface area contributed by atoms with E-state index in [9.17, 15) is 0 Å². The third-order valence-electron chi connectivity index (χ3n) is 1.96. The van der Waals surface area contributed by atoms with Crippen LogP contribution in [0.5, 0.6) is 0 Å². The van der Waals surface area contributed by atoms with Crippen molar-refractivity contribution in [1.29, 1.82) is 0 Å². The molecule has 1 aromatic heterocycles. The number of nitrogens with zero attached hydrogens (tertiary/aromatic N) is 5. The molecule has 4 N–H and O–H groups in total. The lowest BCUT2D eigenvalue weighted by molar-refractivity contribution is 0.294. The van der Waals surface area contributed by atoms with Gasteiger partial charge in [0.1, 0.15) is 20.2 Å². The first-order valence-electron chi connectivity index (χ1n) is 4.87. The van der Waals surface area contributed by atoms with E-state index in [2.05, 4.69) is 20.3 Å². The van der Waals surface area contributed by atoms with E-state index in [-0.39, 0.29) is 38.0 Å². The maximum Gasteiger partial charge on any atom is 0.233 e. The highest BCUT2D eigenvalue weighted by Crippen LogP contribution is 2.13. The lowest BCUT2D eigenvalue weighted by Gasteiger charge is -2.18. The average molecular weight is 244 g/mol. The van der Waals surface area contributed by atoms with Gasteiger partial charge in [0.2, 0.25) is 17.8 Å². The largest absolute Gasteiger partial charge is 0.376 e. The summed E-state index contributed by atoms with van der Waals surface area (Å²) in [7, 11) is 3.20. The van der Waals surface area contributed by atoms with Crippen molar-refractivity contribution in [1.82, 2.24) is 15.0 Å². The Balaban J connectivity index is 3.08. The first kappa shape index (κ1) is 13.4. The molecule has 17 heavy (non-hydrogen) atoms. The normalized spacial score (nSPS) is 10.2. The molecule has 96 valence electrons. The van der Waals surface area contributed by atoms with Crippen molar-refractivity contribution < 1.29 is 15.3 Å². The van der Waals surface area contributed by atoms with Crippen LogP contribution >= 0.6 is 0 Å². The van der Waals surface area contributed by atoms with Gasteiger partial charge in [-0.25, -0.2) is 0 Å². The highest BCUT2D eigenvalue weighted by atomic mass is 16.3. The maximum absolute atomic E-state index is 8.99. The van der Waals surface area contributed by atoms with Gasteiger partial charge in [0.25, 0.3) is 0 Å². The van der Waals surface area contributed by atoms with Gasteiger partial charge in [-0.2, -0.15) is 15.0 Å². The second-order valence-corrected chi connectivity index (χ2v) is 3.27. The van der Waals surface area contributed by atoms with Gasteiger partial charge < -0.3 is 30.4 Å². The van der Waals surface area contributed by atoms with Crippen LogP contribution in [0.25, 0.3) is 0 Å². The van der Waals surface area contributed by atoms with Crippen molar-refractivity contribution in [2.45, 2.75) is 0 Å². The van der Waals surface area contributed by atoms with Gasteiger partial charge in [-0.15, -0.1) is 0 Å². The average Bonchev–Trinajstić information content (AvgIpc) is 2.36. The highest BCUT2D eigenvalue weighted by molar-refractivity contribution is 5.43. The topological polar surface area (TPSA) is 118 Å². The number of anilines is 3. The van der Waals surface area contributed by atoms with Crippen LogP contribution in [0.4, 0.5) is 17.8 Å². The lowest BCUT2D eigenvalue weighted by Crippen LogP contribution is -2.26. The summed E-state index contributed by atoms with van der Waals surface area (Å²) >= 11 is 0. The summed E-state index contributed by atoms with van der Waals surface area (Å²) in [6, 6.07) is 0. The molecule has 1 heterocycles. The number of aliphatic hydroxyl groups excluding tert-OH is 3. The fourth-order valence-electron chi connectivity index (χ4n) is 0.972. The van der Waals surface area contributed by atoms with Crippen LogP contribution in [0.2, 0.25) is 0 Å². The summed E-state index contributed by atoms with van der Waals surface area (Å²) < 4.78 is 0. The van der Waals surface area contributed by atoms with E-state index in [1.54, 1.807) is 14.1 Å². The van der Waals surface area contributed by atoms with Gasteiger partial charge in [-0.1, -0.05) is 0 Å². The standard InChI is InChI=1S/C8H16N6O3/c1-13(4-16)7-10-6(9-3-15)11-8(12-7)14(2)5-17/h15-17H,3-5H2,1-2H3,(H,9,10,11,12). The Labute approximate surface area is 98.4 Å². The molecule has 0 aromatic carbocycles. The SMILES string of the molecule is CN(CO)c1nc(NCO)nc(N(C)CO)n1. The fourth-order valence-corrected chi connectivity index (χ4v) is 0.972. The van der Waals surface area contributed by atoms with Crippen LogP contribution in [0.15, 0.2) is 0 Å².